The van der Waals surface area contributed by atoms with Crippen molar-refractivity contribution in [2.75, 3.05) is 18.4 Å². The molecular formula is C16H22FN3. The van der Waals surface area contributed by atoms with Gasteiger partial charge in [0.1, 0.15) is 11.4 Å². The third-order valence-corrected chi connectivity index (χ3v) is 4.05. The Kier molecular flexibility index (Phi) is 4.61. The van der Waals surface area contributed by atoms with Crippen molar-refractivity contribution in [1.29, 1.82) is 5.26 Å². The molecular weight excluding hydrogens is 253 g/mol. The van der Waals surface area contributed by atoms with Gasteiger partial charge in [-0.2, -0.15) is 5.26 Å². The van der Waals surface area contributed by atoms with Gasteiger partial charge in [-0.3, -0.25) is 0 Å². The maximum atomic E-state index is 12.9. The summed E-state index contributed by atoms with van der Waals surface area (Å²) < 4.78 is 12.9. The Morgan fingerprint density at radius 1 is 1.25 bits per heavy atom. The molecule has 1 unspecified atom stereocenters. The molecule has 1 aliphatic rings. The number of nitrogens with zero attached hydrogens (tertiary/aromatic N) is 2. The predicted molar refractivity (Wildman–Crippen MR) is 78.9 cm³/mol. The lowest BCUT2D eigenvalue weighted by atomic mass is 9.92. The molecule has 2 rings (SSSR count). The molecule has 1 heterocycles. The third kappa shape index (κ3) is 3.49. The number of hydrogen-bond donors (Lipinski definition) is 1. The molecule has 0 aromatic heterocycles. The molecule has 4 heteroatoms. The number of halogens is 1. The van der Waals surface area contributed by atoms with E-state index in [2.05, 4.69) is 30.1 Å². The van der Waals surface area contributed by atoms with Crippen LogP contribution in [0.1, 0.15) is 33.1 Å². The molecule has 0 amide bonds. The van der Waals surface area contributed by atoms with Crippen molar-refractivity contribution in [3.8, 4) is 6.07 Å². The summed E-state index contributed by atoms with van der Waals surface area (Å²) >= 11 is 0. The summed E-state index contributed by atoms with van der Waals surface area (Å²) in [6.07, 6.45) is 2.61. The van der Waals surface area contributed by atoms with Gasteiger partial charge in [-0.05, 0) is 63.9 Å². The smallest absolute Gasteiger partial charge is 0.126 e. The van der Waals surface area contributed by atoms with Gasteiger partial charge in [0.05, 0.1) is 6.07 Å². The zero-order valence-electron chi connectivity index (χ0n) is 12.2. The number of nitriles is 1. The van der Waals surface area contributed by atoms with E-state index in [1.54, 1.807) is 12.1 Å². The second-order valence-corrected chi connectivity index (χ2v) is 5.81. The van der Waals surface area contributed by atoms with Crippen molar-refractivity contribution in [2.24, 2.45) is 0 Å². The maximum Gasteiger partial charge on any atom is 0.126 e. The molecule has 0 radical (unpaired) electrons. The summed E-state index contributed by atoms with van der Waals surface area (Å²) in [5.41, 5.74) is 0.271. The molecule has 1 aromatic rings. The zero-order valence-corrected chi connectivity index (χ0v) is 12.2. The normalized spacial score (nSPS) is 24.1. The molecule has 1 saturated heterocycles. The molecule has 1 aromatic carbocycles. The number of hydrogen-bond acceptors (Lipinski definition) is 3. The van der Waals surface area contributed by atoms with Crippen LogP contribution in [-0.4, -0.2) is 29.6 Å². The molecule has 1 fully saturated rings. The fourth-order valence-corrected chi connectivity index (χ4v) is 2.75. The average Bonchev–Trinajstić information content (AvgIpc) is 2.65. The fourth-order valence-electron chi connectivity index (χ4n) is 2.75. The molecule has 1 aliphatic heterocycles. The summed E-state index contributed by atoms with van der Waals surface area (Å²) in [5, 5.41) is 12.9. The van der Waals surface area contributed by atoms with Crippen LogP contribution in [0.2, 0.25) is 0 Å². The van der Waals surface area contributed by atoms with Crippen LogP contribution in [0.5, 0.6) is 0 Å². The number of anilines is 1. The molecule has 108 valence electrons. The SMILES string of the molecule is CC(C)N1CCCC(C#N)(Nc2ccc(F)cc2)CC1. The van der Waals surface area contributed by atoms with Crippen molar-refractivity contribution < 1.29 is 4.39 Å². The minimum Gasteiger partial charge on any atom is -0.367 e. The van der Waals surface area contributed by atoms with Crippen LogP contribution < -0.4 is 5.32 Å². The summed E-state index contributed by atoms with van der Waals surface area (Å²) in [4.78, 5) is 2.41. The van der Waals surface area contributed by atoms with Crippen molar-refractivity contribution >= 4 is 5.69 Å². The lowest BCUT2D eigenvalue weighted by Crippen LogP contribution is -2.39. The van der Waals surface area contributed by atoms with E-state index < -0.39 is 5.54 Å². The van der Waals surface area contributed by atoms with Gasteiger partial charge >= 0.3 is 0 Å². The monoisotopic (exact) mass is 275 g/mol. The first kappa shape index (κ1) is 14.8. The fraction of sp³-hybridized carbons (Fsp3) is 0.562. The van der Waals surface area contributed by atoms with Crippen LogP contribution in [0, 0.1) is 17.1 Å². The lowest BCUT2D eigenvalue weighted by molar-refractivity contribution is 0.229. The predicted octanol–water partition coefficient (Wildman–Crippen LogP) is 3.39. The summed E-state index contributed by atoms with van der Waals surface area (Å²) in [6, 6.07) is 9.19. The highest BCUT2D eigenvalue weighted by molar-refractivity contribution is 5.47. The van der Waals surface area contributed by atoms with E-state index >= 15 is 0 Å². The van der Waals surface area contributed by atoms with Crippen LogP contribution in [0.4, 0.5) is 10.1 Å². The van der Waals surface area contributed by atoms with Gasteiger partial charge in [0.25, 0.3) is 0 Å². The van der Waals surface area contributed by atoms with E-state index in [1.807, 2.05) is 0 Å². The number of likely N-dealkylation sites (tertiary alicyclic amines) is 1. The van der Waals surface area contributed by atoms with Gasteiger partial charge in [0.2, 0.25) is 0 Å². The van der Waals surface area contributed by atoms with Crippen LogP contribution in [0.25, 0.3) is 0 Å². The molecule has 3 nitrogen and oxygen atoms in total. The number of nitrogens with one attached hydrogen (secondary N) is 1. The van der Waals surface area contributed by atoms with Crippen molar-refractivity contribution in [2.45, 2.75) is 44.7 Å². The maximum absolute atomic E-state index is 12.9. The Morgan fingerprint density at radius 2 is 1.95 bits per heavy atom. The van der Waals surface area contributed by atoms with Crippen LogP contribution in [0.15, 0.2) is 24.3 Å². The number of benzene rings is 1. The van der Waals surface area contributed by atoms with Gasteiger partial charge in [-0.25, -0.2) is 4.39 Å². The van der Waals surface area contributed by atoms with Crippen LogP contribution in [0.3, 0.4) is 0 Å². The first-order valence-electron chi connectivity index (χ1n) is 7.24. The topological polar surface area (TPSA) is 39.1 Å². The molecule has 0 spiro atoms. The van der Waals surface area contributed by atoms with Crippen molar-refractivity contribution in [1.82, 2.24) is 4.90 Å². The van der Waals surface area contributed by atoms with Gasteiger partial charge in [-0.1, -0.05) is 0 Å². The van der Waals surface area contributed by atoms with Gasteiger partial charge in [0, 0.05) is 18.3 Å². The first-order valence-corrected chi connectivity index (χ1v) is 7.24. The summed E-state index contributed by atoms with van der Waals surface area (Å²) in [5.74, 6) is -0.256. The quantitative estimate of drug-likeness (QED) is 0.919. The molecule has 1 atom stereocenters. The molecule has 0 bridgehead atoms. The Labute approximate surface area is 120 Å². The number of rotatable bonds is 3. The van der Waals surface area contributed by atoms with E-state index in [0.717, 1.165) is 38.0 Å². The Bertz CT molecular complexity index is 477. The molecule has 0 aliphatic carbocycles. The van der Waals surface area contributed by atoms with Crippen LogP contribution in [-0.2, 0) is 0 Å². The second-order valence-electron chi connectivity index (χ2n) is 5.81. The van der Waals surface area contributed by atoms with Gasteiger partial charge < -0.3 is 10.2 Å². The largest absolute Gasteiger partial charge is 0.367 e. The third-order valence-electron chi connectivity index (χ3n) is 4.05. The van der Waals surface area contributed by atoms with E-state index in [0.29, 0.717) is 6.04 Å². The summed E-state index contributed by atoms with van der Waals surface area (Å²) in [7, 11) is 0. The van der Waals surface area contributed by atoms with Gasteiger partial charge in [-0.15, -0.1) is 0 Å². The standard InChI is InChI=1S/C16H22FN3/c1-13(2)20-10-3-8-16(12-18,9-11-20)19-15-6-4-14(17)5-7-15/h4-7,13,19H,3,8-11H2,1-2H3. The minimum absolute atomic E-state index is 0.256. The van der Waals surface area contributed by atoms with Gasteiger partial charge in [0.15, 0.2) is 0 Å². The second kappa shape index (κ2) is 6.23. The Balaban J connectivity index is 2.10. The zero-order chi connectivity index (χ0) is 14.6. The van der Waals surface area contributed by atoms with E-state index in [9.17, 15) is 9.65 Å². The average molecular weight is 275 g/mol. The summed E-state index contributed by atoms with van der Waals surface area (Å²) in [6.45, 7) is 6.32. The minimum atomic E-state index is -0.540. The highest BCUT2D eigenvalue weighted by Crippen LogP contribution is 2.27. The van der Waals surface area contributed by atoms with Crippen LogP contribution >= 0.6 is 0 Å². The molecule has 1 N–H and O–H groups in total. The lowest BCUT2D eigenvalue weighted by Gasteiger charge is -2.28. The Morgan fingerprint density at radius 3 is 2.55 bits per heavy atom. The molecule has 20 heavy (non-hydrogen) atoms. The van der Waals surface area contributed by atoms with E-state index in [-0.39, 0.29) is 5.82 Å². The van der Waals surface area contributed by atoms with Crippen molar-refractivity contribution in [3.05, 3.63) is 30.1 Å². The van der Waals surface area contributed by atoms with Crippen molar-refractivity contribution in [3.63, 3.8) is 0 Å². The van der Waals surface area contributed by atoms with E-state index in [4.69, 9.17) is 0 Å². The van der Waals surface area contributed by atoms with E-state index in [1.165, 1.54) is 12.1 Å². The Hall–Kier alpha value is -1.60. The highest BCUT2D eigenvalue weighted by atomic mass is 19.1. The highest BCUT2D eigenvalue weighted by Gasteiger charge is 2.33. The first-order chi connectivity index (χ1) is 9.54. The molecule has 0 saturated carbocycles.